The number of rotatable bonds is 2. The van der Waals surface area contributed by atoms with Gasteiger partial charge in [0.2, 0.25) is 5.91 Å². The van der Waals surface area contributed by atoms with Crippen LogP contribution in [0.4, 0.5) is 0 Å². The first kappa shape index (κ1) is 10.2. The van der Waals surface area contributed by atoms with E-state index in [-0.39, 0.29) is 11.3 Å². The van der Waals surface area contributed by atoms with E-state index >= 15 is 0 Å². The van der Waals surface area contributed by atoms with Crippen molar-refractivity contribution in [3.8, 4) is 0 Å². The molecule has 1 aromatic carbocycles. The number of carbonyl (C=O) groups excluding carboxylic acids is 1. The van der Waals surface area contributed by atoms with E-state index in [2.05, 4.69) is 31.2 Å². The zero-order valence-corrected chi connectivity index (χ0v) is 9.36. The molecule has 0 aromatic heterocycles. The highest BCUT2D eigenvalue weighted by atomic mass is 16.2. The van der Waals surface area contributed by atoms with Gasteiger partial charge in [0, 0.05) is 25.4 Å². The molecule has 0 N–H and O–H groups in total. The van der Waals surface area contributed by atoms with Crippen LogP contribution in [-0.4, -0.2) is 23.9 Å². The Morgan fingerprint density at radius 1 is 1.33 bits per heavy atom. The zero-order chi connectivity index (χ0) is 10.9. The highest BCUT2D eigenvalue weighted by molar-refractivity contribution is 5.75. The standard InChI is InChI=1S/C13H17NO/c1-3-13(9-14(10-13)11(2)15)12-7-5-4-6-8-12/h4-8H,3,9-10H2,1-2H3. The molecule has 1 aliphatic rings. The highest BCUT2D eigenvalue weighted by Crippen LogP contribution is 2.37. The molecule has 2 heteroatoms. The molecule has 1 saturated heterocycles. The lowest BCUT2D eigenvalue weighted by Gasteiger charge is -2.50. The molecule has 1 fully saturated rings. The third-order valence-corrected chi connectivity index (χ3v) is 3.50. The summed E-state index contributed by atoms with van der Waals surface area (Å²) in [7, 11) is 0. The molecule has 0 spiro atoms. The molecule has 1 aromatic rings. The van der Waals surface area contributed by atoms with E-state index in [4.69, 9.17) is 0 Å². The number of carbonyl (C=O) groups is 1. The van der Waals surface area contributed by atoms with Crippen LogP contribution in [0.2, 0.25) is 0 Å². The van der Waals surface area contributed by atoms with Crippen molar-refractivity contribution in [1.29, 1.82) is 0 Å². The summed E-state index contributed by atoms with van der Waals surface area (Å²) < 4.78 is 0. The Hall–Kier alpha value is -1.31. The third-order valence-electron chi connectivity index (χ3n) is 3.50. The molecule has 0 aliphatic carbocycles. The Kier molecular flexibility index (Phi) is 2.51. The summed E-state index contributed by atoms with van der Waals surface area (Å²) in [4.78, 5) is 13.1. The first-order chi connectivity index (χ1) is 7.18. The van der Waals surface area contributed by atoms with Gasteiger partial charge in [0.25, 0.3) is 0 Å². The van der Waals surface area contributed by atoms with Crippen molar-refractivity contribution >= 4 is 5.91 Å². The molecule has 80 valence electrons. The lowest BCUT2D eigenvalue weighted by Crippen LogP contribution is -2.60. The van der Waals surface area contributed by atoms with E-state index in [1.807, 2.05) is 11.0 Å². The molecule has 15 heavy (non-hydrogen) atoms. The Bertz CT molecular complexity index is 352. The maximum absolute atomic E-state index is 11.2. The van der Waals surface area contributed by atoms with Gasteiger partial charge in [0.1, 0.15) is 0 Å². The Labute approximate surface area is 90.9 Å². The van der Waals surface area contributed by atoms with Crippen LogP contribution in [0.15, 0.2) is 30.3 Å². The van der Waals surface area contributed by atoms with Crippen molar-refractivity contribution < 1.29 is 4.79 Å². The lowest BCUT2D eigenvalue weighted by atomic mass is 9.71. The predicted molar refractivity (Wildman–Crippen MR) is 60.7 cm³/mol. The lowest BCUT2D eigenvalue weighted by molar-refractivity contribution is -0.136. The van der Waals surface area contributed by atoms with Gasteiger partial charge in [-0.1, -0.05) is 37.3 Å². The topological polar surface area (TPSA) is 20.3 Å². The van der Waals surface area contributed by atoms with E-state index in [0.29, 0.717) is 0 Å². The van der Waals surface area contributed by atoms with Crippen LogP contribution in [0.1, 0.15) is 25.8 Å². The van der Waals surface area contributed by atoms with Gasteiger partial charge < -0.3 is 4.90 Å². The number of benzene rings is 1. The van der Waals surface area contributed by atoms with Crippen LogP contribution in [0.3, 0.4) is 0 Å². The van der Waals surface area contributed by atoms with Gasteiger partial charge in [0.15, 0.2) is 0 Å². The first-order valence-corrected chi connectivity index (χ1v) is 5.49. The average Bonchev–Trinajstić information content (AvgIpc) is 2.18. The quantitative estimate of drug-likeness (QED) is 0.721. The Morgan fingerprint density at radius 2 is 1.93 bits per heavy atom. The smallest absolute Gasteiger partial charge is 0.219 e. The van der Waals surface area contributed by atoms with E-state index in [9.17, 15) is 4.79 Å². The van der Waals surface area contributed by atoms with Crippen molar-refractivity contribution in [2.75, 3.05) is 13.1 Å². The van der Waals surface area contributed by atoms with Crippen molar-refractivity contribution in [2.45, 2.75) is 25.7 Å². The minimum atomic E-state index is 0.190. The third kappa shape index (κ3) is 1.65. The minimum absolute atomic E-state index is 0.190. The number of hydrogen-bond acceptors (Lipinski definition) is 1. The fourth-order valence-corrected chi connectivity index (χ4v) is 2.31. The largest absolute Gasteiger partial charge is 0.341 e. The van der Waals surface area contributed by atoms with Gasteiger partial charge in [-0.2, -0.15) is 0 Å². The average molecular weight is 203 g/mol. The molecule has 1 aliphatic heterocycles. The molecule has 0 unspecified atom stereocenters. The molecule has 1 heterocycles. The van der Waals surface area contributed by atoms with Gasteiger partial charge in [0.05, 0.1) is 0 Å². The zero-order valence-electron chi connectivity index (χ0n) is 9.36. The van der Waals surface area contributed by atoms with Crippen LogP contribution < -0.4 is 0 Å². The number of hydrogen-bond donors (Lipinski definition) is 0. The van der Waals surface area contributed by atoms with Gasteiger partial charge in [-0.25, -0.2) is 0 Å². The monoisotopic (exact) mass is 203 g/mol. The molecular formula is C13H17NO. The van der Waals surface area contributed by atoms with E-state index in [1.54, 1.807) is 6.92 Å². The van der Waals surface area contributed by atoms with Crippen LogP contribution in [0.25, 0.3) is 0 Å². The fraction of sp³-hybridized carbons (Fsp3) is 0.462. The highest BCUT2D eigenvalue weighted by Gasteiger charge is 2.43. The van der Waals surface area contributed by atoms with Gasteiger partial charge in [-0.15, -0.1) is 0 Å². The maximum atomic E-state index is 11.2. The number of amides is 1. The van der Waals surface area contributed by atoms with Crippen LogP contribution in [0, 0.1) is 0 Å². The van der Waals surface area contributed by atoms with E-state index < -0.39 is 0 Å². The Morgan fingerprint density at radius 3 is 2.40 bits per heavy atom. The SMILES string of the molecule is CCC1(c2ccccc2)CN(C(C)=O)C1. The second kappa shape index (κ2) is 3.69. The molecular weight excluding hydrogens is 186 g/mol. The summed E-state index contributed by atoms with van der Waals surface area (Å²) in [5, 5.41) is 0. The van der Waals surface area contributed by atoms with Gasteiger partial charge >= 0.3 is 0 Å². The van der Waals surface area contributed by atoms with Crippen LogP contribution >= 0.6 is 0 Å². The fourth-order valence-electron chi connectivity index (χ4n) is 2.31. The van der Waals surface area contributed by atoms with E-state index in [1.165, 1.54) is 5.56 Å². The second-order valence-corrected chi connectivity index (χ2v) is 4.37. The van der Waals surface area contributed by atoms with Gasteiger partial charge in [-0.05, 0) is 12.0 Å². The summed E-state index contributed by atoms with van der Waals surface area (Å²) >= 11 is 0. The summed E-state index contributed by atoms with van der Waals surface area (Å²) in [6, 6.07) is 10.5. The van der Waals surface area contributed by atoms with Crippen molar-refractivity contribution in [3.63, 3.8) is 0 Å². The molecule has 1 amide bonds. The molecule has 2 nitrogen and oxygen atoms in total. The van der Waals surface area contributed by atoms with Crippen molar-refractivity contribution in [2.24, 2.45) is 0 Å². The summed E-state index contributed by atoms with van der Waals surface area (Å²) in [6.45, 7) is 5.60. The minimum Gasteiger partial charge on any atom is -0.341 e. The maximum Gasteiger partial charge on any atom is 0.219 e. The number of likely N-dealkylation sites (tertiary alicyclic amines) is 1. The molecule has 0 bridgehead atoms. The van der Waals surface area contributed by atoms with Gasteiger partial charge in [-0.3, -0.25) is 4.79 Å². The predicted octanol–water partition coefficient (Wildman–Crippen LogP) is 2.20. The summed E-state index contributed by atoms with van der Waals surface area (Å²) in [5.41, 5.74) is 1.58. The molecule has 0 saturated carbocycles. The van der Waals surface area contributed by atoms with E-state index in [0.717, 1.165) is 19.5 Å². The van der Waals surface area contributed by atoms with Crippen molar-refractivity contribution in [3.05, 3.63) is 35.9 Å². The normalized spacial score (nSPS) is 18.4. The second-order valence-electron chi connectivity index (χ2n) is 4.37. The van der Waals surface area contributed by atoms with Crippen LogP contribution in [0.5, 0.6) is 0 Å². The Balaban J connectivity index is 2.17. The first-order valence-electron chi connectivity index (χ1n) is 5.49. The summed E-state index contributed by atoms with van der Waals surface area (Å²) in [6.07, 6.45) is 1.10. The number of nitrogens with zero attached hydrogens (tertiary/aromatic N) is 1. The molecule has 0 radical (unpaired) electrons. The molecule has 0 atom stereocenters. The van der Waals surface area contributed by atoms with Crippen molar-refractivity contribution in [1.82, 2.24) is 4.90 Å². The summed E-state index contributed by atoms with van der Waals surface area (Å²) in [5.74, 6) is 0.190. The molecule has 2 rings (SSSR count). The van der Waals surface area contributed by atoms with Crippen LogP contribution in [-0.2, 0) is 10.2 Å².